The Morgan fingerprint density at radius 2 is 1.87 bits per heavy atom. The second-order valence-corrected chi connectivity index (χ2v) is 5.59. The van der Waals surface area contributed by atoms with Gasteiger partial charge in [0.15, 0.2) is 0 Å². The third kappa shape index (κ3) is 11.6. The molecule has 0 heterocycles. The van der Waals surface area contributed by atoms with Crippen LogP contribution >= 0.6 is 21.6 Å². The number of rotatable bonds is 9. The highest BCUT2D eigenvalue weighted by Crippen LogP contribution is 2.20. The number of carboxylic acid groups (broad SMARTS) is 1. The number of amides is 1. The van der Waals surface area contributed by atoms with Crippen LogP contribution in [0.2, 0.25) is 0 Å². The van der Waals surface area contributed by atoms with E-state index in [1.807, 2.05) is 0 Å². The molecule has 0 radical (unpaired) electrons. The summed E-state index contributed by atoms with van der Waals surface area (Å²) in [7, 11) is 3.52. The molecule has 0 spiro atoms. The van der Waals surface area contributed by atoms with E-state index in [1.165, 1.54) is 0 Å². The summed E-state index contributed by atoms with van der Waals surface area (Å²) in [5.74, 6) is 0.873. The minimum atomic E-state index is -0.932. The van der Waals surface area contributed by atoms with E-state index in [4.69, 9.17) is 5.11 Å². The maximum atomic E-state index is 11.0. The van der Waals surface area contributed by atoms with E-state index in [-0.39, 0.29) is 18.7 Å². The van der Waals surface area contributed by atoms with Crippen LogP contribution in [0.15, 0.2) is 0 Å². The zero-order chi connectivity index (χ0) is 11.5. The van der Waals surface area contributed by atoms with Crippen molar-refractivity contribution in [1.82, 2.24) is 5.32 Å². The molecule has 0 aromatic heterocycles. The molecule has 0 unspecified atom stereocenters. The summed E-state index contributed by atoms with van der Waals surface area (Å²) in [5, 5.41) is 11.0. The van der Waals surface area contributed by atoms with Crippen molar-refractivity contribution in [2.24, 2.45) is 0 Å². The number of nitrogens with one attached hydrogen (secondary N) is 1. The fraction of sp³-hybridized carbons (Fsp3) is 0.778. The standard InChI is InChI=1S/C9H17NO3S2/c1-2-6-14-15-7-5-10-8(11)3-4-9(12)13/h2-7H2,1H3,(H,10,11)(H,12,13). The first-order chi connectivity index (χ1) is 7.16. The predicted octanol–water partition coefficient (Wildman–Crippen LogP) is 1.76. The first-order valence-corrected chi connectivity index (χ1v) is 7.38. The molecule has 1 amide bonds. The zero-order valence-electron chi connectivity index (χ0n) is 8.82. The minimum absolute atomic E-state index is 0.0715. The first kappa shape index (κ1) is 14.6. The summed E-state index contributed by atoms with van der Waals surface area (Å²) < 4.78 is 0. The molecule has 0 saturated heterocycles. The van der Waals surface area contributed by atoms with Crippen molar-refractivity contribution >= 4 is 33.5 Å². The molecule has 0 saturated carbocycles. The molecule has 0 aliphatic carbocycles. The Kier molecular flexibility index (Phi) is 9.92. The van der Waals surface area contributed by atoms with Crippen LogP contribution in [0.4, 0.5) is 0 Å². The van der Waals surface area contributed by atoms with Crippen LogP contribution in [-0.4, -0.2) is 35.0 Å². The third-order valence-electron chi connectivity index (χ3n) is 1.44. The highest BCUT2D eigenvalue weighted by Gasteiger charge is 2.03. The van der Waals surface area contributed by atoms with Gasteiger partial charge in [-0.1, -0.05) is 28.5 Å². The van der Waals surface area contributed by atoms with E-state index in [0.717, 1.165) is 17.9 Å². The summed E-state index contributed by atoms with van der Waals surface area (Å²) >= 11 is 0. The molecule has 0 aromatic carbocycles. The van der Waals surface area contributed by atoms with Crippen molar-refractivity contribution in [3.63, 3.8) is 0 Å². The molecule has 88 valence electrons. The third-order valence-corrected chi connectivity index (χ3v) is 4.06. The SMILES string of the molecule is CCCSSCCNC(=O)CCC(=O)O. The van der Waals surface area contributed by atoms with Crippen molar-refractivity contribution in [3.8, 4) is 0 Å². The van der Waals surface area contributed by atoms with E-state index >= 15 is 0 Å². The van der Waals surface area contributed by atoms with Crippen LogP contribution in [-0.2, 0) is 9.59 Å². The predicted molar refractivity (Wildman–Crippen MR) is 65.1 cm³/mol. The Bertz CT molecular complexity index is 200. The van der Waals surface area contributed by atoms with Gasteiger partial charge in [-0.25, -0.2) is 0 Å². The molecule has 6 heteroatoms. The van der Waals surface area contributed by atoms with Crippen LogP contribution in [0.25, 0.3) is 0 Å². The molecule has 0 aromatic rings. The van der Waals surface area contributed by atoms with Crippen molar-refractivity contribution in [2.45, 2.75) is 26.2 Å². The smallest absolute Gasteiger partial charge is 0.303 e. The number of carbonyl (C=O) groups is 2. The molecule has 0 aliphatic rings. The van der Waals surface area contributed by atoms with Crippen molar-refractivity contribution in [2.75, 3.05) is 18.1 Å². The Morgan fingerprint density at radius 1 is 1.20 bits per heavy atom. The Morgan fingerprint density at radius 3 is 2.47 bits per heavy atom. The first-order valence-electron chi connectivity index (χ1n) is 4.89. The molecule has 0 atom stereocenters. The molecular weight excluding hydrogens is 234 g/mol. The van der Waals surface area contributed by atoms with Gasteiger partial charge in [0.2, 0.25) is 5.91 Å². The quantitative estimate of drug-likeness (QED) is 0.483. The van der Waals surface area contributed by atoms with Gasteiger partial charge < -0.3 is 10.4 Å². The largest absolute Gasteiger partial charge is 0.481 e. The highest BCUT2D eigenvalue weighted by molar-refractivity contribution is 8.76. The Balaban J connectivity index is 3.20. The lowest BCUT2D eigenvalue weighted by Crippen LogP contribution is -2.25. The zero-order valence-corrected chi connectivity index (χ0v) is 10.5. The van der Waals surface area contributed by atoms with Gasteiger partial charge in [0.25, 0.3) is 0 Å². The van der Waals surface area contributed by atoms with E-state index < -0.39 is 5.97 Å². The van der Waals surface area contributed by atoms with E-state index in [0.29, 0.717) is 6.54 Å². The summed E-state index contributed by atoms with van der Waals surface area (Å²) in [4.78, 5) is 21.2. The molecule has 0 bridgehead atoms. The number of carbonyl (C=O) groups excluding carboxylic acids is 1. The number of aliphatic carboxylic acids is 1. The van der Waals surface area contributed by atoms with Crippen molar-refractivity contribution in [1.29, 1.82) is 0 Å². The van der Waals surface area contributed by atoms with E-state index in [2.05, 4.69) is 12.2 Å². The van der Waals surface area contributed by atoms with E-state index in [1.54, 1.807) is 21.6 Å². The fourth-order valence-electron chi connectivity index (χ4n) is 0.742. The topological polar surface area (TPSA) is 66.4 Å². The van der Waals surface area contributed by atoms with Crippen LogP contribution in [0.5, 0.6) is 0 Å². The van der Waals surface area contributed by atoms with Gasteiger partial charge in [-0.15, -0.1) is 0 Å². The van der Waals surface area contributed by atoms with Gasteiger partial charge in [-0.2, -0.15) is 0 Å². The lowest BCUT2D eigenvalue weighted by atomic mass is 10.3. The molecule has 0 fully saturated rings. The normalized spacial score (nSPS) is 9.93. The van der Waals surface area contributed by atoms with Gasteiger partial charge in [0.05, 0.1) is 6.42 Å². The maximum absolute atomic E-state index is 11.0. The van der Waals surface area contributed by atoms with Crippen LogP contribution < -0.4 is 5.32 Å². The van der Waals surface area contributed by atoms with E-state index in [9.17, 15) is 9.59 Å². The summed E-state index contributed by atoms with van der Waals surface area (Å²) in [6, 6.07) is 0. The molecule has 0 rings (SSSR count). The fourth-order valence-corrected chi connectivity index (χ4v) is 2.79. The molecule has 15 heavy (non-hydrogen) atoms. The van der Waals surface area contributed by atoms with Crippen LogP contribution in [0.3, 0.4) is 0 Å². The Hall–Kier alpha value is -0.360. The van der Waals surface area contributed by atoms with Crippen LogP contribution in [0.1, 0.15) is 26.2 Å². The lowest BCUT2D eigenvalue weighted by molar-refractivity contribution is -0.138. The number of hydrogen-bond acceptors (Lipinski definition) is 4. The molecular formula is C9H17NO3S2. The van der Waals surface area contributed by atoms with Crippen molar-refractivity contribution in [3.05, 3.63) is 0 Å². The number of carboxylic acids is 1. The number of hydrogen-bond donors (Lipinski definition) is 2. The van der Waals surface area contributed by atoms with Gasteiger partial charge in [-0.3, -0.25) is 9.59 Å². The summed E-state index contributed by atoms with van der Waals surface area (Å²) in [6.45, 7) is 2.74. The lowest BCUT2D eigenvalue weighted by Gasteiger charge is -2.03. The van der Waals surface area contributed by atoms with Gasteiger partial charge in [0.1, 0.15) is 0 Å². The second kappa shape index (κ2) is 10.2. The molecule has 4 nitrogen and oxygen atoms in total. The van der Waals surface area contributed by atoms with Gasteiger partial charge in [0, 0.05) is 24.5 Å². The maximum Gasteiger partial charge on any atom is 0.303 e. The molecule has 2 N–H and O–H groups in total. The van der Waals surface area contributed by atoms with Gasteiger partial charge in [-0.05, 0) is 6.42 Å². The Labute approximate surface area is 98.0 Å². The monoisotopic (exact) mass is 251 g/mol. The second-order valence-electron chi connectivity index (χ2n) is 2.89. The average molecular weight is 251 g/mol. The molecule has 0 aliphatic heterocycles. The van der Waals surface area contributed by atoms with Gasteiger partial charge >= 0.3 is 5.97 Å². The minimum Gasteiger partial charge on any atom is -0.481 e. The summed E-state index contributed by atoms with van der Waals surface area (Å²) in [5.41, 5.74) is 0. The highest BCUT2D eigenvalue weighted by atomic mass is 33.1. The summed E-state index contributed by atoms with van der Waals surface area (Å²) in [6.07, 6.45) is 1.13. The van der Waals surface area contributed by atoms with Crippen LogP contribution in [0, 0.1) is 0 Å². The average Bonchev–Trinajstić information content (AvgIpc) is 2.20. The van der Waals surface area contributed by atoms with Crippen molar-refractivity contribution < 1.29 is 14.7 Å².